The van der Waals surface area contributed by atoms with E-state index in [2.05, 4.69) is 4.98 Å². The maximum atomic E-state index is 13.2. The number of aromatic nitrogens is 1. The van der Waals surface area contributed by atoms with Gasteiger partial charge in [-0.25, -0.2) is 8.42 Å². The largest absolute Gasteiger partial charge is 0.355 e. The molecule has 0 aliphatic carbocycles. The van der Waals surface area contributed by atoms with Crippen molar-refractivity contribution >= 4 is 38.4 Å². The third kappa shape index (κ3) is 3.33. The first kappa shape index (κ1) is 19.7. The second-order valence-corrected chi connectivity index (χ2v) is 8.65. The van der Waals surface area contributed by atoms with E-state index in [9.17, 15) is 28.6 Å². The van der Waals surface area contributed by atoms with Crippen LogP contribution >= 0.6 is 0 Å². The molecule has 10 nitrogen and oxygen atoms in total. The summed E-state index contributed by atoms with van der Waals surface area (Å²) in [6, 6.07) is 10.2. The summed E-state index contributed by atoms with van der Waals surface area (Å²) in [4.78, 5) is 23.4. The Kier molecular flexibility index (Phi) is 4.84. The average molecular weight is 428 g/mol. The summed E-state index contributed by atoms with van der Waals surface area (Å²) >= 11 is 0. The number of nitrogens with zero attached hydrogens (tertiary/aromatic N) is 3. The van der Waals surface area contributed by atoms with Gasteiger partial charge in [-0.3, -0.25) is 20.2 Å². The van der Waals surface area contributed by atoms with Crippen molar-refractivity contribution in [1.82, 2.24) is 9.29 Å². The Morgan fingerprint density at radius 2 is 1.80 bits per heavy atom. The van der Waals surface area contributed by atoms with E-state index in [4.69, 9.17) is 0 Å². The molecule has 154 valence electrons. The van der Waals surface area contributed by atoms with E-state index in [1.165, 1.54) is 0 Å². The molecule has 0 spiro atoms. The Morgan fingerprint density at radius 3 is 2.53 bits per heavy atom. The highest BCUT2D eigenvalue weighted by Crippen LogP contribution is 2.32. The minimum Gasteiger partial charge on any atom is -0.355 e. The molecule has 0 fully saturated rings. The maximum absolute atomic E-state index is 13.2. The lowest BCUT2D eigenvalue weighted by Crippen LogP contribution is -2.34. The first-order chi connectivity index (χ1) is 14.3. The Hall–Kier alpha value is -3.57. The van der Waals surface area contributed by atoms with Crippen LogP contribution in [0.1, 0.15) is 11.3 Å². The molecule has 1 aliphatic heterocycles. The van der Waals surface area contributed by atoms with Gasteiger partial charge in [-0.05, 0) is 30.2 Å². The summed E-state index contributed by atoms with van der Waals surface area (Å²) in [6.45, 7) is 0.126. The Bertz CT molecular complexity index is 1310. The van der Waals surface area contributed by atoms with Gasteiger partial charge in [0, 0.05) is 35.8 Å². The molecule has 11 heteroatoms. The highest BCUT2D eigenvalue weighted by atomic mass is 32.2. The molecule has 2 aromatic carbocycles. The van der Waals surface area contributed by atoms with E-state index >= 15 is 0 Å². The van der Waals surface area contributed by atoms with Crippen molar-refractivity contribution in [2.45, 2.75) is 11.3 Å². The maximum Gasteiger partial charge on any atom is 0.296 e. The standard InChI is InChI=1S/C19H16N4O6S/c24-22(25)13-7-8-19(18(12-13)23(26)27)30(28,29)21-10-3-6-17-15(9-11-21)14-4-1-2-5-16(14)20-17/h1-8,12,20H,9-11H2/b6-3-. The molecule has 0 atom stereocenters. The van der Waals surface area contributed by atoms with Crippen molar-refractivity contribution in [2.24, 2.45) is 0 Å². The highest BCUT2D eigenvalue weighted by Gasteiger charge is 2.33. The zero-order chi connectivity index (χ0) is 21.5. The molecule has 2 heterocycles. The van der Waals surface area contributed by atoms with Gasteiger partial charge in [-0.2, -0.15) is 4.31 Å². The van der Waals surface area contributed by atoms with Gasteiger partial charge in [0.2, 0.25) is 10.0 Å². The van der Waals surface area contributed by atoms with E-state index in [1.54, 1.807) is 12.2 Å². The molecule has 0 unspecified atom stereocenters. The van der Waals surface area contributed by atoms with E-state index in [0.717, 1.165) is 38.6 Å². The number of nitro benzene ring substituents is 2. The number of fused-ring (bicyclic) bond motifs is 3. The topological polar surface area (TPSA) is 139 Å². The van der Waals surface area contributed by atoms with Gasteiger partial charge in [0.15, 0.2) is 4.90 Å². The van der Waals surface area contributed by atoms with Gasteiger partial charge in [0.05, 0.1) is 15.9 Å². The second kappa shape index (κ2) is 7.35. The predicted octanol–water partition coefficient (Wildman–Crippen LogP) is 3.24. The number of para-hydroxylation sites is 1. The monoisotopic (exact) mass is 428 g/mol. The number of hydrogen-bond acceptors (Lipinski definition) is 6. The summed E-state index contributed by atoms with van der Waals surface area (Å²) in [7, 11) is -4.25. The number of sulfonamides is 1. The molecule has 0 saturated carbocycles. The molecule has 4 rings (SSSR count). The molecule has 0 saturated heterocycles. The fourth-order valence-electron chi connectivity index (χ4n) is 3.59. The number of benzene rings is 2. The zero-order valence-electron chi connectivity index (χ0n) is 15.5. The van der Waals surface area contributed by atoms with Gasteiger partial charge >= 0.3 is 0 Å². The second-order valence-electron chi connectivity index (χ2n) is 6.74. The molecule has 0 bridgehead atoms. The fraction of sp³-hybridized carbons (Fsp3) is 0.158. The van der Waals surface area contributed by atoms with E-state index in [-0.39, 0.29) is 13.1 Å². The zero-order valence-corrected chi connectivity index (χ0v) is 16.3. The van der Waals surface area contributed by atoms with E-state index in [0.29, 0.717) is 12.5 Å². The van der Waals surface area contributed by atoms with Crippen molar-refractivity contribution in [2.75, 3.05) is 13.1 Å². The summed E-state index contributed by atoms with van der Waals surface area (Å²) < 4.78 is 27.5. The van der Waals surface area contributed by atoms with Crippen molar-refractivity contribution in [1.29, 1.82) is 0 Å². The minimum absolute atomic E-state index is 0.0191. The molecular weight excluding hydrogens is 412 g/mol. The first-order valence-corrected chi connectivity index (χ1v) is 10.4. The smallest absolute Gasteiger partial charge is 0.296 e. The van der Waals surface area contributed by atoms with Crippen LogP contribution in [0, 0.1) is 20.2 Å². The number of nitro groups is 2. The van der Waals surface area contributed by atoms with Gasteiger partial charge in [0.25, 0.3) is 11.4 Å². The lowest BCUT2D eigenvalue weighted by Gasteiger charge is -2.22. The Balaban J connectivity index is 1.72. The van der Waals surface area contributed by atoms with Gasteiger partial charge < -0.3 is 4.98 Å². The minimum atomic E-state index is -4.25. The number of H-pyrrole nitrogens is 1. The number of non-ortho nitro benzene ring substituents is 1. The molecule has 0 radical (unpaired) electrons. The number of hydrogen-bond donors (Lipinski definition) is 1. The third-order valence-electron chi connectivity index (χ3n) is 5.02. The molecule has 1 aromatic heterocycles. The Morgan fingerprint density at radius 1 is 1.03 bits per heavy atom. The van der Waals surface area contributed by atoms with Crippen molar-refractivity contribution < 1.29 is 18.3 Å². The van der Waals surface area contributed by atoms with Gasteiger partial charge in [-0.1, -0.05) is 24.3 Å². The lowest BCUT2D eigenvalue weighted by atomic mass is 10.1. The first-order valence-electron chi connectivity index (χ1n) is 8.98. The van der Waals surface area contributed by atoms with Crippen LogP contribution in [-0.4, -0.2) is 40.6 Å². The van der Waals surface area contributed by atoms with Crippen LogP contribution in [0.3, 0.4) is 0 Å². The van der Waals surface area contributed by atoms with Crippen molar-refractivity contribution in [3.05, 3.63) is 80.0 Å². The SMILES string of the molecule is O=[N+]([O-])c1ccc(S(=O)(=O)N2C/C=C\c3[nH]c4ccccc4c3CC2)c([N+](=O)[O-])c1. The lowest BCUT2D eigenvalue weighted by molar-refractivity contribution is -0.396. The quantitative estimate of drug-likeness (QED) is 0.500. The van der Waals surface area contributed by atoms with Crippen molar-refractivity contribution in [3.8, 4) is 0 Å². The highest BCUT2D eigenvalue weighted by molar-refractivity contribution is 7.89. The fourth-order valence-corrected chi connectivity index (χ4v) is 5.12. The van der Waals surface area contributed by atoms with Crippen LogP contribution in [0.25, 0.3) is 17.0 Å². The molecule has 1 N–H and O–H groups in total. The van der Waals surface area contributed by atoms with Crippen LogP contribution in [0.15, 0.2) is 53.4 Å². The van der Waals surface area contributed by atoms with Crippen LogP contribution in [0.2, 0.25) is 0 Å². The summed E-state index contributed by atoms with van der Waals surface area (Å²) in [5.74, 6) is 0. The number of nitrogens with one attached hydrogen (secondary N) is 1. The summed E-state index contributed by atoms with van der Waals surface area (Å²) in [5.41, 5.74) is 1.43. The average Bonchev–Trinajstić information content (AvgIpc) is 3.03. The van der Waals surface area contributed by atoms with Crippen LogP contribution in [0.4, 0.5) is 11.4 Å². The molecule has 1 aliphatic rings. The number of rotatable bonds is 4. The summed E-state index contributed by atoms with van der Waals surface area (Å²) in [5, 5.41) is 23.3. The number of aromatic amines is 1. The molecular formula is C19H16N4O6S. The van der Waals surface area contributed by atoms with E-state index in [1.807, 2.05) is 24.3 Å². The van der Waals surface area contributed by atoms with Gasteiger partial charge in [0.1, 0.15) is 0 Å². The van der Waals surface area contributed by atoms with Crippen molar-refractivity contribution in [3.63, 3.8) is 0 Å². The van der Waals surface area contributed by atoms with E-state index < -0.39 is 36.1 Å². The Labute approximate surface area is 170 Å². The summed E-state index contributed by atoms with van der Waals surface area (Å²) in [6.07, 6.45) is 3.87. The predicted molar refractivity (Wildman–Crippen MR) is 110 cm³/mol. The normalized spacial score (nSPS) is 15.9. The van der Waals surface area contributed by atoms with Crippen LogP contribution in [-0.2, 0) is 16.4 Å². The molecule has 30 heavy (non-hydrogen) atoms. The van der Waals surface area contributed by atoms with Crippen LogP contribution in [0.5, 0.6) is 0 Å². The molecule has 0 amide bonds. The third-order valence-corrected chi connectivity index (χ3v) is 6.93. The van der Waals surface area contributed by atoms with Gasteiger partial charge in [-0.15, -0.1) is 0 Å². The molecule has 3 aromatic rings. The van der Waals surface area contributed by atoms with Crippen LogP contribution < -0.4 is 0 Å².